The number of ether oxygens (including phenoxy) is 1. The molecule has 164 valence electrons. The maximum absolute atomic E-state index is 13.1. The second kappa shape index (κ2) is 8.08. The number of nitrogens with zero attached hydrogens (tertiary/aromatic N) is 5. The van der Waals surface area contributed by atoms with E-state index in [0.717, 1.165) is 30.9 Å². The summed E-state index contributed by atoms with van der Waals surface area (Å²) in [6.45, 7) is 5.79. The summed E-state index contributed by atoms with van der Waals surface area (Å²) in [4.78, 5) is 26.5. The molecule has 0 spiro atoms. The maximum atomic E-state index is 13.1. The van der Waals surface area contributed by atoms with Gasteiger partial charge in [0.25, 0.3) is 5.56 Å². The van der Waals surface area contributed by atoms with Gasteiger partial charge in [-0.2, -0.15) is 4.98 Å². The van der Waals surface area contributed by atoms with Crippen molar-refractivity contribution in [3.05, 3.63) is 64.2 Å². The fourth-order valence-electron chi connectivity index (χ4n) is 4.10. The van der Waals surface area contributed by atoms with E-state index in [2.05, 4.69) is 32.7 Å². The van der Waals surface area contributed by atoms with Crippen molar-refractivity contribution in [1.82, 2.24) is 29.6 Å². The number of aromatic nitrogens is 5. The fourth-order valence-corrected chi connectivity index (χ4v) is 4.10. The highest BCUT2D eigenvalue weighted by Crippen LogP contribution is 2.24. The van der Waals surface area contributed by atoms with Gasteiger partial charge in [-0.05, 0) is 56.1 Å². The highest BCUT2D eigenvalue weighted by molar-refractivity contribution is 5.77. The number of hydrogen-bond acceptors (Lipinski definition) is 7. The summed E-state index contributed by atoms with van der Waals surface area (Å²) < 4.78 is 8.76. The van der Waals surface area contributed by atoms with Gasteiger partial charge in [-0.15, -0.1) is 0 Å². The molecule has 0 aliphatic carbocycles. The predicted octanol–water partition coefficient (Wildman–Crippen LogP) is 2.96. The number of hydrogen-bond donors (Lipinski definition) is 2. The van der Waals surface area contributed by atoms with Crippen LogP contribution >= 0.6 is 0 Å². The van der Waals surface area contributed by atoms with E-state index in [0.29, 0.717) is 22.9 Å². The summed E-state index contributed by atoms with van der Waals surface area (Å²) in [7, 11) is 1.56. The van der Waals surface area contributed by atoms with Gasteiger partial charge in [0.15, 0.2) is 5.65 Å². The predicted molar refractivity (Wildman–Crippen MR) is 123 cm³/mol. The normalized spacial score (nSPS) is 13.4. The quantitative estimate of drug-likeness (QED) is 0.501. The van der Waals surface area contributed by atoms with Crippen LogP contribution in [0.15, 0.2) is 47.5 Å². The van der Waals surface area contributed by atoms with Gasteiger partial charge in [-0.3, -0.25) is 4.79 Å². The molecule has 0 saturated heterocycles. The Hall–Kier alpha value is -3.72. The summed E-state index contributed by atoms with van der Waals surface area (Å²) >= 11 is 0. The molecule has 0 unspecified atom stereocenters. The van der Waals surface area contributed by atoms with Gasteiger partial charge in [0.2, 0.25) is 11.8 Å². The molecule has 4 heterocycles. The molecule has 1 aliphatic heterocycles. The lowest BCUT2D eigenvalue weighted by atomic mass is 10.0. The van der Waals surface area contributed by atoms with E-state index in [1.54, 1.807) is 34.9 Å². The zero-order valence-corrected chi connectivity index (χ0v) is 18.3. The van der Waals surface area contributed by atoms with Crippen molar-refractivity contribution >= 4 is 22.7 Å². The van der Waals surface area contributed by atoms with Crippen LogP contribution in [0, 0.1) is 0 Å². The van der Waals surface area contributed by atoms with Crippen LogP contribution in [-0.4, -0.2) is 38.0 Å². The minimum Gasteiger partial charge on any atom is -0.481 e. The van der Waals surface area contributed by atoms with Crippen molar-refractivity contribution in [3.63, 3.8) is 0 Å². The zero-order valence-electron chi connectivity index (χ0n) is 18.3. The van der Waals surface area contributed by atoms with Gasteiger partial charge in [0.05, 0.1) is 12.8 Å². The molecule has 3 aromatic heterocycles. The highest BCUT2D eigenvalue weighted by atomic mass is 16.5. The van der Waals surface area contributed by atoms with Gasteiger partial charge >= 0.3 is 0 Å². The largest absolute Gasteiger partial charge is 0.481 e. The Labute approximate surface area is 185 Å². The third-order valence-electron chi connectivity index (χ3n) is 5.63. The van der Waals surface area contributed by atoms with Crippen LogP contribution in [0.4, 0.5) is 11.6 Å². The van der Waals surface area contributed by atoms with E-state index < -0.39 is 0 Å². The van der Waals surface area contributed by atoms with Crippen LogP contribution in [0.1, 0.15) is 31.0 Å². The number of benzene rings is 1. The Kier molecular flexibility index (Phi) is 5.10. The molecular formula is C23H25N7O2. The minimum absolute atomic E-state index is 0.0819. The van der Waals surface area contributed by atoms with Gasteiger partial charge in [0, 0.05) is 36.7 Å². The summed E-state index contributed by atoms with van der Waals surface area (Å²) in [6, 6.07) is 9.82. The molecule has 0 saturated carbocycles. The molecule has 9 heteroatoms. The minimum atomic E-state index is -0.140. The SMILES string of the molecule is COc1cc(-n2c3nc(Nc4ccc5c(c4)CCNC5)ncc3c(=O)n2C(C)C)ccn1. The standard InChI is InChI=1S/C23H25N7O2/c1-14(2)29-22(31)19-13-26-23(27-17-5-4-16-12-24-8-6-15(16)10-17)28-21(19)30(29)18-7-9-25-20(11-18)32-3/h4-5,7,9-11,13-14,24H,6,8,12H2,1-3H3,(H,26,27,28). The first-order valence-electron chi connectivity index (χ1n) is 10.7. The summed E-state index contributed by atoms with van der Waals surface area (Å²) in [5, 5.41) is 7.14. The molecular weight excluding hydrogens is 406 g/mol. The van der Waals surface area contributed by atoms with E-state index >= 15 is 0 Å². The maximum Gasteiger partial charge on any atom is 0.278 e. The number of methoxy groups -OCH3 is 1. The van der Waals surface area contributed by atoms with E-state index in [1.165, 1.54) is 11.1 Å². The van der Waals surface area contributed by atoms with Crippen LogP contribution in [0.2, 0.25) is 0 Å². The third-order valence-corrected chi connectivity index (χ3v) is 5.63. The molecule has 1 aromatic carbocycles. The van der Waals surface area contributed by atoms with Crippen molar-refractivity contribution in [1.29, 1.82) is 0 Å². The van der Waals surface area contributed by atoms with Crippen molar-refractivity contribution in [2.45, 2.75) is 32.9 Å². The van der Waals surface area contributed by atoms with Gasteiger partial charge in [0.1, 0.15) is 5.39 Å². The lowest BCUT2D eigenvalue weighted by Gasteiger charge is -2.18. The van der Waals surface area contributed by atoms with Gasteiger partial charge in [-0.25, -0.2) is 19.3 Å². The molecule has 2 N–H and O–H groups in total. The molecule has 32 heavy (non-hydrogen) atoms. The molecule has 4 aromatic rings. The molecule has 0 atom stereocenters. The van der Waals surface area contributed by atoms with E-state index in [-0.39, 0.29) is 11.6 Å². The summed E-state index contributed by atoms with van der Waals surface area (Å²) in [5.74, 6) is 0.894. The van der Waals surface area contributed by atoms with Crippen molar-refractivity contribution in [2.24, 2.45) is 0 Å². The lowest BCUT2D eigenvalue weighted by Crippen LogP contribution is -2.24. The molecule has 5 rings (SSSR count). The molecule has 0 amide bonds. The van der Waals surface area contributed by atoms with Crippen LogP contribution in [0.3, 0.4) is 0 Å². The smallest absolute Gasteiger partial charge is 0.278 e. The Morgan fingerprint density at radius 2 is 2.03 bits per heavy atom. The lowest BCUT2D eigenvalue weighted by molar-refractivity contribution is 0.396. The molecule has 0 bridgehead atoms. The monoisotopic (exact) mass is 431 g/mol. The first kappa shape index (κ1) is 20.2. The Balaban J connectivity index is 1.62. The Bertz CT molecular complexity index is 1360. The number of pyridine rings is 1. The number of nitrogens with one attached hydrogen (secondary N) is 2. The Morgan fingerprint density at radius 1 is 1.16 bits per heavy atom. The summed E-state index contributed by atoms with van der Waals surface area (Å²) in [5.41, 5.74) is 4.68. The highest BCUT2D eigenvalue weighted by Gasteiger charge is 2.20. The van der Waals surface area contributed by atoms with E-state index in [4.69, 9.17) is 9.72 Å². The second-order valence-electron chi connectivity index (χ2n) is 8.08. The van der Waals surface area contributed by atoms with Crippen molar-refractivity contribution in [3.8, 4) is 11.6 Å². The van der Waals surface area contributed by atoms with E-state index in [9.17, 15) is 4.79 Å². The number of fused-ring (bicyclic) bond motifs is 2. The fraction of sp³-hybridized carbons (Fsp3) is 0.304. The van der Waals surface area contributed by atoms with Crippen molar-refractivity contribution in [2.75, 3.05) is 19.0 Å². The topological polar surface area (TPSA) is 98.9 Å². The average molecular weight is 432 g/mol. The molecule has 0 radical (unpaired) electrons. The zero-order chi connectivity index (χ0) is 22.2. The number of anilines is 2. The summed E-state index contributed by atoms with van der Waals surface area (Å²) in [6.07, 6.45) is 4.23. The van der Waals surface area contributed by atoms with Crippen LogP contribution in [0.5, 0.6) is 5.88 Å². The first-order valence-corrected chi connectivity index (χ1v) is 10.7. The second-order valence-corrected chi connectivity index (χ2v) is 8.08. The average Bonchev–Trinajstić information content (AvgIpc) is 3.11. The van der Waals surface area contributed by atoms with Crippen LogP contribution in [-0.2, 0) is 13.0 Å². The van der Waals surface area contributed by atoms with Crippen molar-refractivity contribution < 1.29 is 4.74 Å². The molecule has 1 aliphatic rings. The molecule has 9 nitrogen and oxygen atoms in total. The Morgan fingerprint density at radius 3 is 2.84 bits per heavy atom. The molecule has 0 fully saturated rings. The first-order chi connectivity index (χ1) is 15.5. The van der Waals surface area contributed by atoms with Gasteiger partial charge < -0.3 is 15.4 Å². The van der Waals surface area contributed by atoms with Crippen LogP contribution in [0.25, 0.3) is 16.7 Å². The van der Waals surface area contributed by atoms with E-state index in [1.807, 2.05) is 26.0 Å². The number of rotatable bonds is 5. The van der Waals surface area contributed by atoms with Gasteiger partial charge in [-0.1, -0.05) is 6.07 Å². The van der Waals surface area contributed by atoms with Crippen LogP contribution < -0.4 is 20.9 Å². The third kappa shape index (κ3) is 3.50.